The standard InChI is InChI=1S/2C20H28N2O5.Ca/c2*1-3-27-20(26)16(12-11-15-8-5-4-6-9-15)21-14(2)18(23)22-13-7-10-17(22)19(24)25;/h2*4-6,8-9,14,16-17,21H,3,7,10-13H2,1-2H3,(H,24,25);/q;;+2/p-2/t2*14-,16-,17-;/m00./s1. The summed E-state index contributed by atoms with van der Waals surface area (Å²) in [6, 6.07) is 15.0. The average molecular weight is 791 g/mol. The zero-order chi connectivity index (χ0) is 39.6. The van der Waals surface area contributed by atoms with Gasteiger partial charge in [0.1, 0.15) is 12.1 Å². The van der Waals surface area contributed by atoms with Gasteiger partial charge < -0.3 is 39.1 Å². The van der Waals surface area contributed by atoms with E-state index in [1.807, 2.05) is 60.7 Å². The Balaban J connectivity index is 0.000000373. The van der Waals surface area contributed by atoms with Crippen LogP contribution in [0.1, 0.15) is 77.3 Å². The van der Waals surface area contributed by atoms with Crippen LogP contribution in [-0.4, -0.2) is 146 Å². The summed E-state index contributed by atoms with van der Waals surface area (Å²) >= 11 is 0. The first-order valence-electron chi connectivity index (χ1n) is 18.8. The first-order chi connectivity index (χ1) is 25.9. The summed E-state index contributed by atoms with van der Waals surface area (Å²) in [5.41, 5.74) is 2.17. The van der Waals surface area contributed by atoms with Crippen molar-refractivity contribution in [2.75, 3.05) is 26.3 Å². The summed E-state index contributed by atoms with van der Waals surface area (Å²) < 4.78 is 10.3. The molecule has 2 N–H and O–H groups in total. The number of nitrogens with zero attached hydrogens (tertiary/aromatic N) is 2. The zero-order valence-corrected chi connectivity index (χ0v) is 34.6. The van der Waals surface area contributed by atoms with E-state index in [0.717, 1.165) is 11.1 Å². The zero-order valence-electron chi connectivity index (χ0n) is 32.4. The topological polar surface area (TPSA) is 198 Å². The molecule has 0 unspecified atom stereocenters. The Labute approximate surface area is 353 Å². The molecule has 2 heterocycles. The minimum absolute atomic E-state index is 0. The van der Waals surface area contributed by atoms with Gasteiger partial charge in [0.15, 0.2) is 0 Å². The molecule has 2 saturated heterocycles. The maximum absolute atomic E-state index is 12.7. The van der Waals surface area contributed by atoms with Crippen molar-refractivity contribution in [1.29, 1.82) is 0 Å². The van der Waals surface area contributed by atoms with Crippen molar-refractivity contribution in [2.24, 2.45) is 0 Å². The maximum atomic E-state index is 12.7. The van der Waals surface area contributed by atoms with Gasteiger partial charge >= 0.3 is 49.7 Å². The summed E-state index contributed by atoms with van der Waals surface area (Å²) in [5.74, 6) is -3.97. The average Bonchev–Trinajstić information content (AvgIpc) is 3.87. The normalized spacial score (nSPS) is 18.4. The van der Waals surface area contributed by atoms with E-state index in [1.165, 1.54) is 9.80 Å². The van der Waals surface area contributed by atoms with Gasteiger partial charge in [-0.15, -0.1) is 0 Å². The van der Waals surface area contributed by atoms with Gasteiger partial charge in [-0.1, -0.05) is 60.7 Å². The molecule has 15 heteroatoms. The number of aliphatic carboxylic acids is 2. The van der Waals surface area contributed by atoms with Crippen LogP contribution < -0.4 is 20.8 Å². The Bertz CT molecular complexity index is 1420. The summed E-state index contributed by atoms with van der Waals surface area (Å²) in [4.78, 5) is 75.0. The molecular formula is C40H54CaN4O10. The molecule has 0 bridgehead atoms. The number of carbonyl (C=O) groups is 6. The molecule has 2 aliphatic rings. The van der Waals surface area contributed by atoms with Crippen LogP contribution in [-0.2, 0) is 51.1 Å². The van der Waals surface area contributed by atoms with E-state index in [9.17, 15) is 39.0 Å². The molecule has 2 amide bonds. The fraction of sp³-hybridized carbons (Fsp3) is 0.550. The third-order valence-electron chi connectivity index (χ3n) is 9.53. The van der Waals surface area contributed by atoms with Crippen molar-refractivity contribution < 1.29 is 48.5 Å². The van der Waals surface area contributed by atoms with Crippen LogP contribution in [0.3, 0.4) is 0 Å². The Morgan fingerprint density at radius 3 is 1.31 bits per heavy atom. The predicted octanol–water partition coefficient (Wildman–Crippen LogP) is 0.159. The van der Waals surface area contributed by atoms with Crippen LogP contribution in [0, 0.1) is 0 Å². The van der Waals surface area contributed by atoms with Gasteiger partial charge in [0.2, 0.25) is 11.8 Å². The number of nitrogens with one attached hydrogen (secondary N) is 2. The molecule has 0 aliphatic carbocycles. The fourth-order valence-electron chi connectivity index (χ4n) is 6.73. The summed E-state index contributed by atoms with van der Waals surface area (Å²) in [6.07, 6.45) is 4.33. The van der Waals surface area contributed by atoms with Crippen molar-refractivity contribution in [3.8, 4) is 0 Å². The third-order valence-corrected chi connectivity index (χ3v) is 9.53. The first kappa shape index (κ1) is 47.6. The van der Waals surface area contributed by atoms with Crippen LogP contribution in [0.5, 0.6) is 0 Å². The Hall–Kier alpha value is -3.56. The number of esters is 2. The van der Waals surface area contributed by atoms with Crippen molar-refractivity contribution in [2.45, 2.75) is 115 Å². The van der Waals surface area contributed by atoms with Crippen LogP contribution in [0.4, 0.5) is 0 Å². The van der Waals surface area contributed by atoms with Gasteiger partial charge in [0.05, 0.1) is 49.3 Å². The largest absolute Gasteiger partial charge is 2.00 e. The molecule has 0 radical (unpaired) electrons. The minimum Gasteiger partial charge on any atom is -0.548 e. The van der Waals surface area contributed by atoms with Gasteiger partial charge in [-0.2, -0.15) is 0 Å². The Kier molecular flexibility index (Phi) is 21.5. The molecule has 55 heavy (non-hydrogen) atoms. The van der Waals surface area contributed by atoms with E-state index < -0.39 is 60.1 Å². The first-order valence-corrected chi connectivity index (χ1v) is 18.8. The van der Waals surface area contributed by atoms with E-state index in [4.69, 9.17) is 9.47 Å². The van der Waals surface area contributed by atoms with Gasteiger partial charge in [-0.3, -0.25) is 29.8 Å². The second-order valence-electron chi connectivity index (χ2n) is 13.5. The molecule has 0 saturated carbocycles. The predicted molar refractivity (Wildman–Crippen MR) is 201 cm³/mol. The van der Waals surface area contributed by atoms with Crippen molar-refractivity contribution in [1.82, 2.24) is 20.4 Å². The van der Waals surface area contributed by atoms with Gasteiger partial charge in [-0.25, -0.2) is 0 Å². The Morgan fingerprint density at radius 1 is 0.655 bits per heavy atom. The number of likely N-dealkylation sites (tertiary alicyclic amines) is 2. The second-order valence-corrected chi connectivity index (χ2v) is 13.5. The van der Waals surface area contributed by atoms with Gasteiger partial charge in [0.25, 0.3) is 0 Å². The number of amides is 2. The van der Waals surface area contributed by atoms with E-state index in [0.29, 0.717) is 64.5 Å². The van der Waals surface area contributed by atoms with Gasteiger partial charge in [-0.05, 0) is 90.2 Å². The van der Waals surface area contributed by atoms with Crippen molar-refractivity contribution in [3.05, 3.63) is 71.8 Å². The number of carboxylic acid groups (broad SMARTS) is 2. The number of hydrogen-bond donors (Lipinski definition) is 2. The second kappa shape index (κ2) is 24.8. The molecule has 2 aromatic rings. The van der Waals surface area contributed by atoms with E-state index >= 15 is 0 Å². The molecule has 2 aliphatic heterocycles. The quantitative estimate of drug-likeness (QED) is 0.154. The number of benzene rings is 2. The van der Waals surface area contributed by atoms with Crippen LogP contribution in [0.2, 0.25) is 0 Å². The Morgan fingerprint density at radius 2 is 1.00 bits per heavy atom. The molecular weight excluding hydrogens is 737 g/mol. The fourth-order valence-corrected chi connectivity index (χ4v) is 6.73. The SMILES string of the molecule is CCOC(=O)[C@H](CCc1ccccc1)N[C@@H](C)C(=O)N1CCC[C@H]1C(=O)[O-].CCOC(=O)[C@H](CCc1ccccc1)N[C@@H](C)C(=O)N1CCC[C@H]1C(=O)[O-].[Ca+2]. The molecule has 0 spiro atoms. The number of carboxylic acids is 2. The van der Waals surface area contributed by atoms with Crippen LogP contribution >= 0.6 is 0 Å². The number of hydrogen-bond acceptors (Lipinski definition) is 12. The van der Waals surface area contributed by atoms with E-state index in [2.05, 4.69) is 10.6 Å². The third kappa shape index (κ3) is 15.1. The monoisotopic (exact) mass is 790 g/mol. The molecule has 14 nitrogen and oxygen atoms in total. The van der Waals surface area contributed by atoms with Crippen LogP contribution in [0.15, 0.2) is 60.7 Å². The van der Waals surface area contributed by atoms with Crippen LogP contribution in [0.25, 0.3) is 0 Å². The number of carbonyl (C=O) groups excluding carboxylic acids is 6. The van der Waals surface area contributed by atoms with Crippen molar-refractivity contribution in [3.63, 3.8) is 0 Å². The van der Waals surface area contributed by atoms with Gasteiger partial charge in [0, 0.05) is 13.1 Å². The molecule has 2 aromatic carbocycles. The molecule has 4 rings (SSSR count). The molecule has 2 fully saturated rings. The molecule has 296 valence electrons. The number of ether oxygens (including phenoxy) is 2. The van der Waals surface area contributed by atoms with E-state index in [1.54, 1.807) is 27.7 Å². The smallest absolute Gasteiger partial charge is 0.548 e. The molecule has 0 aromatic heterocycles. The van der Waals surface area contributed by atoms with E-state index in [-0.39, 0.29) is 62.8 Å². The summed E-state index contributed by atoms with van der Waals surface area (Å²) in [5, 5.41) is 28.5. The molecule has 6 atom stereocenters. The summed E-state index contributed by atoms with van der Waals surface area (Å²) in [7, 11) is 0. The number of rotatable bonds is 18. The maximum Gasteiger partial charge on any atom is 2.00 e. The van der Waals surface area contributed by atoms with Crippen molar-refractivity contribution >= 4 is 73.4 Å². The number of aryl methyl sites for hydroxylation is 2. The minimum atomic E-state index is -1.24. The summed E-state index contributed by atoms with van der Waals surface area (Å²) in [6.45, 7) is 8.02.